The molecule has 0 radical (unpaired) electrons. The van der Waals surface area contributed by atoms with Gasteiger partial charge in [-0.15, -0.1) is 0 Å². The summed E-state index contributed by atoms with van der Waals surface area (Å²) in [6.07, 6.45) is 16.6. The highest BCUT2D eigenvalue weighted by Crippen LogP contribution is 2.33. The number of anilines is 5. The number of phenols is 4. The topological polar surface area (TPSA) is 269 Å². The van der Waals surface area contributed by atoms with Gasteiger partial charge in [0.05, 0.1) is 19.1 Å². The Bertz CT molecular complexity index is 5450. The van der Waals surface area contributed by atoms with Crippen LogP contribution < -0.4 is 30.5 Å². The highest BCUT2D eigenvalue weighted by Gasteiger charge is 2.33. The van der Waals surface area contributed by atoms with Crippen LogP contribution in [0.15, 0.2) is 302 Å². The van der Waals surface area contributed by atoms with Crippen LogP contribution in [0.1, 0.15) is 172 Å². The van der Waals surface area contributed by atoms with Gasteiger partial charge in [-0.05, 0) is 225 Å². The number of Topliss-reactive ketones (excluding diaryl/α,β-unsaturated/α-hetero) is 1. The number of ether oxygens (including phenoxy) is 1. The highest BCUT2D eigenvalue weighted by atomic mass is 32.2. The van der Waals surface area contributed by atoms with Crippen LogP contribution in [0.5, 0.6) is 28.7 Å². The van der Waals surface area contributed by atoms with Crippen molar-refractivity contribution in [2.75, 3.05) is 145 Å². The molecule has 0 saturated carbocycles. The molecule has 3 amide bonds. The van der Waals surface area contributed by atoms with Gasteiger partial charge in [0.1, 0.15) is 34.5 Å². The first-order valence-electron chi connectivity index (χ1n) is 52.4. The van der Waals surface area contributed by atoms with Gasteiger partial charge in [0.2, 0.25) is 17.7 Å². The first-order chi connectivity index (χ1) is 70.1. The summed E-state index contributed by atoms with van der Waals surface area (Å²) in [6, 6.07) is 97.9. The van der Waals surface area contributed by atoms with Crippen LogP contribution in [0.25, 0.3) is 0 Å². The van der Waals surface area contributed by atoms with Gasteiger partial charge in [0.15, 0.2) is 0 Å². The third-order valence-electron chi connectivity index (χ3n) is 27.1. The lowest BCUT2D eigenvalue weighted by Crippen LogP contribution is -2.47. The summed E-state index contributed by atoms with van der Waals surface area (Å²) in [7, 11) is -0.704. The third kappa shape index (κ3) is 42.0. The fourth-order valence-electron chi connectivity index (χ4n) is 18.9. The van der Waals surface area contributed by atoms with Gasteiger partial charge in [0.25, 0.3) is 10.1 Å². The number of hydrogen-bond donors (Lipinski definition) is 6. The van der Waals surface area contributed by atoms with E-state index in [9.17, 15) is 42.9 Å². The number of amides is 3. The summed E-state index contributed by atoms with van der Waals surface area (Å²) in [5, 5.41) is 41.4. The lowest BCUT2D eigenvalue weighted by molar-refractivity contribution is -0.121. The number of nitrogens with two attached hydrogens (primary N) is 1. The average molecular weight is 2000 g/mol. The molecular weight excluding hydrogens is 1830 g/mol. The molecule has 0 aliphatic carbocycles. The predicted octanol–water partition coefficient (Wildman–Crippen LogP) is 21.7. The molecule has 0 bridgehead atoms. The maximum Gasteiger partial charge on any atom is 0.296 e. The Kier molecular flexibility index (Phi) is 51.3. The van der Waals surface area contributed by atoms with Gasteiger partial charge < -0.3 is 75.4 Å². The number of hydrogen-bond acceptors (Lipinski definition) is 20. The average Bonchev–Trinajstić information content (AvgIpc) is 0.811. The van der Waals surface area contributed by atoms with Gasteiger partial charge in [-0.1, -0.05) is 227 Å². The number of likely N-dealkylation sites (tertiary alicyclic amines) is 5. The van der Waals surface area contributed by atoms with E-state index in [0.717, 1.165) is 242 Å². The summed E-state index contributed by atoms with van der Waals surface area (Å²) in [6.45, 7) is 35.6. The molecule has 11 aromatic rings. The van der Waals surface area contributed by atoms with E-state index in [1.165, 1.54) is 46.0 Å². The Morgan fingerprint density at radius 3 is 0.966 bits per heavy atom. The first kappa shape index (κ1) is 116. The van der Waals surface area contributed by atoms with Crippen molar-refractivity contribution in [2.24, 2.45) is 0 Å². The fourth-order valence-corrected chi connectivity index (χ4v) is 19.6. The van der Waals surface area contributed by atoms with Gasteiger partial charge in [-0.3, -0.25) is 28.3 Å². The molecule has 23 nitrogen and oxygen atoms in total. The number of carbonyl (C=O) groups is 4. The van der Waals surface area contributed by atoms with E-state index in [-0.39, 0.29) is 58.0 Å². The minimum atomic E-state index is -3.51. The van der Waals surface area contributed by atoms with E-state index in [0.29, 0.717) is 54.6 Å². The molecule has 11 aromatic carbocycles. The lowest BCUT2D eigenvalue weighted by Gasteiger charge is -2.38. The Morgan fingerprint density at radius 1 is 0.379 bits per heavy atom. The van der Waals surface area contributed by atoms with Crippen LogP contribution in [-0.2, 0) is 65.6 Å². The predicted molar refractivity (Wildman–Crippen MR) is 594 cm³/mol. The zero-order chi connectivity index (χ0) is 104. The number of nitrogens with one attached hydrogen (secondary N) is 1. The summed E-state index contributed by atoms with van der Waals surface area (Å²) < 4.78 is 31.9. The van der Waals surface area contributed by atoms with Gasteiger partial charge in [-0.25, -0.2) is 0 Å². The number of nitrogen functional groups attached to an aromatic ring is 1. The Hall–Kier alpha value is -12.2. The molecule has 5 heterocycles. The Morgan fingerprint density at radius 2 is 0.683 bits per heavy atom. The van der Waals surface area contributed by atoms with Crippen LogP contribution in [0.3, 0.4) is 0 Å². The maximum atomic E-state index is 12.7. The highest BCUT2D eigenvalue weighted by molar-refractivity contribution is 7.86. The molecule has 5 saturated heterocycles. The van der Waals surface area contributed by atoms with Crippen molar-refractivity contribution >= 4 is 62.1 Å². The second-order valence-corrected chi connectivity index (χ2v) is 39.9. The molecule has 145 heavy (non-hydrogen) atoms. The number of benzene rings is 11. The normalized spacial score (nSPS) is 15.1. The zero-order valence-electron chi connectivity index (χ0n) is 87.9. The molecule has 5 aliphatic rings. The summed E-state index contributed by atoms with van der Waals surface area (Å²) in [4.78, 5) is 69.7. The van der Waals surface area contributed by atoms with Crippen molar-refractivity contribution in [3.63, 3.8) is 0 Å². The monoisotopic (exact) mass is 1990 g/mol. The van der Waals surface area contributed by atoms with Crippen molar-refractivity contribution in [1.82, 2.24) is 29.4 Å². The summed E-state index contributed by atoms with van der Waals surface area (Å²) in [5.74, 6) is 2.60. The fraction of sp³-hybridized carbons (Fsp3) is 0.421. The van der Waals surface area contributed by atoms with Crippen molar-refractivity contribution in [2.45, 2.75) is 219 Å². The maximum absolute atomic E-state index is 12.7. The molecule has 0 atom stereocenters. The molecule has 0 spiro atoms. The van der Waals surface area contributed by atoms with Crippen LogP contribution >= 0.6 is 0 Å². The van der Waals surface area contributed by atoms with E-state index in [1.54, 1.807) is 86.0 Å². The first-order valence-corrected chi connectivity index (χ1v) is 53.8. The van der Waals surface area contributed by atoms with E-state index in [2.05, 4.69) is 219 Å². The Balaban J connectivity index is 0.000000190. The summed E-state index contributed by atoms with van der Waals surface area (Å²) in [5.41, 5.74) is 17.4. The largest absolute Gasteiger partial charge is 0.508 e. The quantitative estimate of drug-likeness (QED) is 0.0169. The second kappa shape index (κ2) is 63.9. The SMILES string of the molecule is CCC(=O)N(c1cccc(O)c1)C1CCN(CCc2ccccc2)CC1.CCC(=O)N(c1cccc(O)c1)C1CCN(CCc2ccccc2)CC1.CCC(=O)N(c1cccc(OC)c1)C1CCN(CCc2ccccc2)CC1.CCN(C(C)C)C(C)C.COS(=O)(=O)c1ccc(C)cc1.Nc1cccc(O)c1.O=C1CCN(CCc2ccccc2)CC1.Oc1cccc(NC2CCN(CCc3ccccc3)CC2)c1. The number of nitrogens with zero attached hydrogens (tertiary/aromatic N) is 9. The van der Waals surface area contributed by atoms with Crippen molar-refractivity contribution in [3.8, 4) is 28.7 Å². The van der Waals surface area contributed by atoms with E-state index >= 15 is 0 Å². The van der Waals surface area contributed by atoms with Crippen LogP contribution in [0.2, 0.25) is 0 Å². The molecule has 5 aliphatic heterocycles. The third-order valence-corrected chi connectivity index (χ3v) is 28.4. The van der Waals surface area contributed by atoms with Gasteiger partial charge in [0, 0.05) is 225 Å². The molecule has 5 fully saturated rings. The second-order valence-electron chi connectivity index (χ2n) is 38.2. The molecule has 0 unspecified atom stereocenters. The van der Waals surface area contributed by atoms with Gasteiger partial charge >= 0.3 is 0 Å². The minimum Gasteiger partial charge on any atom is -0.508 e. The van der Waals surface area contributed by atoms with Gasteiger partial charge in [-0.2, -0.15) is 8.42 Å². The van der Waals surface area contributed by atoms with Crippen LogP contribution in [-0.4, -0.2) is 237 Å². The lowest BCUT2D eigenvalue weighted by atomic mass is 10.0. The molecule has 16 rings (SSSR count). The molecular formula is C121H163N11O12S. The number of rotatable bonds is 32. The number of piperidine rings is 5. The van der Waals surface area contributed by atoms with Crippen LogP contribution in [0, 0.1) is 6.92 Å². The minimum absolute atomic E-state index is 0.123. The molecule has 7 N–H and O–H groups in total. The number of carbonyl (C=O) groups excluding carboxylic acids is 4. The molecule has 24 heteroatoms. The van der Waals surface area contributed by atoms with E-state index in [4.69, 9.17) is 15.6 Å². The number of aryl methyl sites for hydroxylation is 1. The smallest absolute Gasteiger partial charge is 0.296 e. The number of methoxy groups -OCH3 is 1. The zero-order valence-corrected chi connectivity index (χ0v) is 88.7. The number of ketones is 1. The van der Waals surface area contributed by atoms with Crippen LogP contribution in [0.4, 0.5) is 28.4 Å². The van der Waals surface area contributed by atoms with E-state index in [1.807, 2.05) is 97.0 Å². The molecule has 780 valence electrons. The summed E-state index contributed by atoms with van der Waals surface area (Å²) >= 11 is 0. The Labute approximate surface area is 866 Å². The van der Waals surface area contributed by atoms with E-state index < -0.39 is 10.1 Å². The standard InChI is InChI=1S/C23H30N2O2.2C22H28N2O2.C19H24N2O.C13H17NO.C8H19N.C8H10O3S.C6H7NO/c1-3-23(26)25(21-10-7-11-22(18-21)27-2)20-13-16-24(17-14-20)15-12-19-8-5-4-6-9-19;2*1-2-22(26)24(20-9-6-10-21(25)17-20)19-12-15-23(16-13-19)14-11-18-7-4-3-5-8-18;22-19-8-4-7-18(15-19)20-17-10-13-21(14-11-17)12-9-16-5-2-1-3-6-16;15-13-7-10-14(11-8-13)9-6-12-4-2-1-3-5-12;1-6-9(7(2)3)8(4)5;1-7-3-5-8(6-4-7)12(9,10)11-2;7-5-2-1-3-6(8)4-5/h4-11,18,20H,3,12-17H2,1-2H3;2*3-10,17,19,25H,2,11-16H2,1H3;1-8,15,17,20,22H,9-14H2;1-5H,6-11H2;7-8H,6H2,1-5H3;3-6H,1-2H3;1-4,8H,7H2. The van der Waals surface area contributed by atoms with Crippen molar-refractivity contribution in [1.29, 1.82) is 0 Å². The molecule has 0 aromatic heterocycles. The number of phenolic OH excluding ortho intramolecular Hbond substituents is 4. The van der Waals surface area contributed by atoms with Crippen molar-refractivity contribution < 1.29 is 56.9 Å². The van der Waals surface area contributed by atoms with Crippen molar-refractivity contribution in [3.05, 3.63) is 331 Å². The number of aromatic hydroxyl groups is 4.